The first-order valence-corrected chi connectivity index (χ1v) is 8.64. The third-order valence-corrected chi connectivity index (χ3v) is 4.64. The highest BCUT2D eigenvalue weighted by molar-refractivity contribution is 5.98. The summed E-state index contributed by atoms with van der Waals surface area (Å²) in [5.41, 5.74) is 1.59. The van der Waals surface area contributed by atoms with Crippen molar-refractivity contribution in [3.8, 4) is 5.75 Å². The first kappa shape index (κ1) is 18.1. The molecule has 1 heterocycles. The molecule has 4 rings (SSSR count). The summed E-state index contributed by atoms with van der Waals surface area (Å²) in [6.07, 6.45) is 3.05. The predicted molar refractivity (Wildman–Crippen MR) is 101 cm³/mol. The van der Waals surface area contributed by atoms with Gasteiger partial charge in [0.1, 0.15) is 5.82 Å². The highest BCUT2D eigenvalue weighted by Gasteiger charge is 2.41. The molecular formula is C20H17F2N3O3. The Balaban J connectivity index is 1.61. The van der Waals surface area contributed by atoms with Gasteiger partial charge in [-0.05, 0) is 36.3 Å². The van der Waals surface area contributed by atoms with E-state index in [1.54, 1.807) is 18.2 Å². The van der Waals surface area contributed by atoms with Crippen molar-refractivity contribution in [1.29, 1.82) is 0 Å². The number of hydrogen-bond donors (Lipinski definition) is 3. The van der Waals surface area contributed by atoms with Crippen LogP contribution in [-0.4, -0.2) is 34.4 Å². The number of aliphatic hydroxyl groups excluding tert-OH is 1. The second-order valence-electron chi connectivity index (χ2n) is 6.61. The maximum absolute atomic E-state index is 14.2. The number of ether oxygens (including phenoxy) is 1. The van der Waals surface area contributed by atoms with E-state index in [4.69, 9.17) is 4.74 Å². The van der Waals surface area contributed by atoms with Crippen LogP contribution in [0.1, 0.15) is 17.7 Å². The van der Waals surface area contributed by atoms with E-state index in [2.05, 4.69) is 15.5 Å². The summed E-state index contributed by atoms with van der Waals surface area (Å²) in [6, 6.07) is 7.27. The molecule has 28 heavy (non-hydrogen) atoms. The van der Waals surface area contributed by atoms with Gasteiger partial charge in [-0.1, -0.05) is 12.1 Å². The number of nitrogens with one attached hydrogen (secondary N) is 2. The monoisotopic (exact) mass is 385 g/mol. The molecule has 8 heteroatoms. The summed E-state index contributed by atoms with van der Waals surface area (Å²) in [5.74, 6) is -1.85. The normalized spacial score (nSPS) is 18.6. The van der Waals surface area contributed by atoms with E-state index in [-0.39, 0.29) is 11.4 Å². The minimum Gasteiger partial charge on any atom is -0.494 e. The smallest absolute Gasteiger partial charge is 0.230 e. The maximum atomic E-state index is 14.2. The average Bonchev–Trinajstić information content (AvgIpc) is 3.28. The zero-order chi connectivity index (χ0) is 19.8. The summed E-state index contributed by atoms with van der Waals surface area (Å²) < 4.78 is 32.9. The highest BCUT2D eigenvalue weighted by Crippen LogP contribution is 2.32. The number of halogens is 2. The number of aromatic amines is 1. The fourth-order valence-electron chi connectivity index (χ4n) is 2.93. The number of rotatable bonds is 5. The van der Waals surface area contributed by atoms with Crippen LogP contribution in [0.4, 0.5) is 14.5 Å². The van der Waals surface area contributed by atoms with Crippen molar-refractivity contribution < 1.29 is 23.4 Å². The van der Waals surface area contributed by atoms with Gasteiger partial charge in [-0.25, -0.2) is 8.78 Å². The molecule has 2 aromatic carbocycles. The summed E-state index contributed by atoms with van der Waals surface area (Å²) in [5, 5.41) is 19.3. The fourth-order valence-corrected chi connectivity index (χ4v) is 2.93. The molecule has 2 unspecified atom stereocenters. The van der Waals surface area contributed by atoms with Crippen LogP contribution in [-0.2, 0) is 4.79 Å². The third-order valence-electron chi connectivity index (χ3n) is 4.64. The van der Waals surface area contributed by atoms with E-state index in [0.717, 1.165) is 0 Å². The molecule has 0 radical (unpaired) electrons. The van der Waals surface area contributed by atoms with E-state index >= 15 is 0 Å². The average molecular weight is 385 g/mol. The molecule has 1 aromatic heterocycles. The van der Waals surface area contributed by atoms with Gasteiger partial charge in [-0.2, -0.15) is 5.10 Å². The van der Waals surface area contributed by atoms with Gasteiger partial charge >= 0.3 is 0 Å². The van der Waals surface area contributed by atoms with E-state index in [1.807, 2.05) is 0 Å². The lowest BCUT2D eigenvalue weighted by atomic mass is 10.1. The molecule has 0 aliphatic heterocycles. The highest BCUT2D eigenvalue weighted by atomic mass is 19.1. The number of carbonyl (C=O) groups excluding carboxylic acids is 1. The molecule has 144 valence electrons. The van der Waals surface area contributed by atoms with E-state index in [9.17, 15) is 18.7 Å². The molecule has 0 bridgehead atoms. The Labute approximate surface area is 158 Å². The molecule has 1 aliphatic rings. The molecule has 1 aliphatic carbocycles. The number of hydrogen-bond acceptors (Lipinski definition) is 4. The number of aliphatic hydroxyl groups is 1. The minimum atomic E-state index is -0.663. The zero-order valence-electron chi connectivity index (χ0n) is 14.9. The number of nitrogens with zero attached hydrogens (tertiary/aromatic N) is 1. The number of carbonyl (C=O) groups is 1. The van der Waals surface area contributed by atoms with Gasteiger partial charge in [0.05, 0.1) is 36.0 Å². The first-order valence-electron chi connectivity index (χ1n) is 8.64. The number of anilines is 1. The number of amides is 1. The Hall–Kier alpha value is -3.26. The van der Waals surface area contributed by atoms with Crippen LogP contribution in [0.3, 0.4) is 0 Å². The largest absolute Gasteiger partial charge is 0.494 e. The summed E-state index contributed by atoms with van der Waals surface area (Å²) in [6.45, 7) is 0. The molecule has 1 saturated carbocycles. The van der Waals surface area contributed by atoms with E-state index in [0.29, 0.717) is 28.6 Å². The summed E-state index contributed by atoms with van der Waals surface area (Å²) in [4.78, 5) is 12.0. The van der Waals surface area contributed by atoms with E-state index < -0.39 is 29.6 Å². The summed E-state index contributed by atoms with van der Waals surface area (Å²) >= 11 is 0. The molecular weight excluding hydrogens is 368 g/mol. The fraction of sp³-hybridized carbons (Fsp3) is 0.200. The first-order chi connectivity index (χ1) is 13.5. The Morgan fingerprint density at radius 3 is 2.75 bits per heavy atom. The number of aromatic nitrogens is 2. The molecule has 1 fully saturated rings. The van der Waals surface area contributed by atoms with E-state index in [1.165, 1.54) is 31.4 Å². The molecule has 1 amide bonds. The number of fused-ring (bicyclic) bond motifs is 1. The topological polar surface area (TPSA) is 87.2 Å². The second kappa shape index (κ2) is 7.05. The third kappa shape index (κ3) is 3.46. The molecule has 3 aromatic rings. The SMILES string of the molecule is COc1ccc(/C=C/c2n[nH]c3cc(F)c(NC(=O)C4CC4O)cc23)cc1F. The van der Waals surface area contributed by atoms with Gasteiger partial charge in [0.2, 0.25) is 5.91 Å². The lowest BCUT2D eigenvalue weighted by Gasteiger charge is -2.06. The van der Waals surface area contributed by atoms with Gasteiger partial charge < -0.3 is 15.2 Å². The predicted octanol–water partition coefficient (Wildman–Crippen LogP) is 3.34. The van der Waals surface area contributed by atoms with Crippen LogP contribution in [0.15, 0.2) is 30.3 Å². The molecule has 6 nitrogen and oxygen atoms in total. The van der Waals surface area contributed by atoms with Crippen molar-refractivity contribution in [3.05, 3.63) is 53.2 Å². The van der Waals surface area contributed by atoms with Crippen molar-refractivity contribution in [2.24, 2.45) is 5.92 Å². The number of H-pyrrole nitrogens is 1. The molecule has 0 spiro atoms. The number of benzene rings is 2. The number of methoxy groups -OCH3 is 1. The van der Waals surface area contributed by atoms with Gasteiger partial charge in [0.25, 0.3) is 0 Å². The van der Waals surface area contributed by atoms with Crippen molar-refractivity contribution in [1.82, 2.24) is 10.2 Å². The quantitative estimate of drug-likeness (QED) is 0.629. The van der Waals surface area contributed by atoms with Gasteiger partial charge in [-0.15, -0.1) is 0 Å². The Morgan fingerprint density at radius 1 is 1.29 bits per heavy atom. The van der Waals surface area contributed by atoms with Gasteiger partial charge in [0.15, 0.2) is 11.6 Å². The van der Waals surface area contributed by atoms with Crippen molar-refractivity contribution in [3.63, 3.8) is 0 Å². The van der Waals surface area contributed by atoms with Crippen molar-refractivity contribution in [2.45, 2.75) is 12.5 Å². The Bertz CT molecular complexity index is 1090. The lowest BCUT2D eigenvalue weighted by Crippen LogP contribution is -2.16. The van der Waals surface area contributed by atoms with Crippen molar-refractivity contribution >= 4 is 34.6 Å². The zero-order valence-corrected chi connectivity index (χ0v) is 14.9. The minimum absolute atomic E-state index is 0.0168. The Morgan fingerprint density at radius 2 is 2.07 bits per heavy atom. The van der Waals surface area contributed by atoms with Crippen LogP contribution in [0.25, 0.3) is 23.1 Å². The van der Waals surface area contributed by atoms with Crippen LogP contribution >= 0.6 is 0 Å². The molecule has 0 saturated heterocycles. The summed E-state index contributed by atoms with van der Waals surface area (Å²) in [7, 11) is 1.39. The van der Waals surface area contributed by atoms with Gasteiger partial charge in [0, 0.05) is 11.5 Å². The van der Waals surface area contributed by atoms with Crippen LogP contribution < -0.4 is 10.1 Å². The standard InChI is InChI=1S/C20H17F2N3O3/c1-28-19-5-3-10(6-14(19)22)2-4-15-11-7-17(13(21)9-16(11)25-24-15)23-20(27)12-8-18(12)26/h2-7,9,12,18,26H,8H2,1H3,(H,23,27)(H,24,25)/b4-2+. The van der Waals surface area contributed by atoms with Crippen LogP contribution in [0, 0.1) is 17.6 Å². The van der Waals surface area contributed by atoms with Crippen LogP contribution in [0.5, 0.6) is 5.75 Å². The lowest BCUT2D eigenvalue weighted by molar-refractivity contribution is -0.118. The second-order valence-corrected chi connectivity index (χ2v) is 6.61. The Kier molecular flexibility index (Phi) is 4.56. The van der Waals surface area contributed by atoms with Crippen molar-refractivity contribution in [2.75, 3.05) is 12.4 Å². The maximum Gasteiger partial charge on any atom is 0.230 e. The molecule has 3 N–H and O–H groups in total. The van der Waals surface area contributed by atoms with Crippen LogP contribution in [0.2, 0.25) is 0 Å². The molecule has 2 atom stereocenters. The van der Waals surface area contributed by atoms with Gasteiger partial charge in [-0.3, -0.25) is 9.89 Å².